The average molecular weight is 1170 g/mol. The molecule has 9 aromatic rings. The molecule has 0 unspecified atom stereocenters. The van der Waals surface area contributed by atoms with Crippen LogP contribution in [0.25, 0.3) is 45.6 Å². The summed E-state index contributed by atoms with van der Waals surface area (Å²) in [4.78, 5) is 54.0. The zero-order chi connectivity index (χ0) is 62.3. The number of nitrogens with zero attached hydrogens (tertiary/aromatic N) is 16. The summed E-state index contributed by atoms with van der Waals surface area (Å²) in [5.74, 6) is -3.43. The van der Waals surface area contributed by atoms with Crippen molar-refractivity contribution in [3.8, 4) is 57.1 Å². The van der Waals surface area contributed by atoms with Crippen molar-refractivity contribution in [2.45, 2.75) is 106 Å². The molecular formula is C52H61Cl3N16O7S. The molecule has 0 aliphatic rings. The standard InChI is InChI=1S/C18H18N4O3.C11H13ClN4.C11H12N4O2.C11H14N4O.CH4.Cl2OS/c1-12(2)22-15(6-7-21-22)18-13(8-19-11-20-18)10-25-17-5-3-4-16(24)14(17)9-23;1-8(2)16-10(3-4-15-16)11-9(5-12)6-13-7-14-11;1-7(2)15-9(3-4-14-15)10-8(11(16)17)5-12-6-13-10;1-8(2)15-10(3-4-14-15)11-9(6-16)5-12-7-13-11;;1-4(2)3/h3-9,11-12,24H,10H2,1-2H3;3-4,6-8H,5H2,1-2H3;3-7H,1-2H3,(H,16,17);3-5,7-8,16H,6H2,1-2H3;1H4;/i10D2;5D2;;6D2;;. The molecule has 27 heteroatoms. The highest BCUT2D eigenvalue weighted by molar-refractivity contribution is 8.26. The maximum atomic E-state index is 11.2. The first kappa shape index (κ1) is 54.5. The number of carbonyl (C=O) groups is 2. The number of aldehydes is 1. The quantitative estimate of drug-likeness (QED) is 0.0488. The Bertz CT molecular complexity index is 3550. The lowest BCUT2D eigenvalue weighted by Crippen LogP contribution is -2.09. The normalized spacial score (nSPS) is 12.3. The van der Waals surface area contributed by atoms with Gasteiger partial charge in [0.05, 0.1) is 63.3 Å². The van der Waals surface area contributed by atoms with Crippen LogP contribution >= 0.6 is 33.0 Å². The van der Waals surface area contributed by atoms with Gasteiger partial charge in [-0.2, -0.15) is 20.4 Å². The number of carboxylic acid groups (broad SMARTS) is 1. The van der Waals surface area contributed by atoms with Crippen LogP contribution in [0.15, 0.2) is 117 Å². The van der Waals surface area contributed by atoms with Gasteiger partial charge in [0, 0.05) is 115 Å². The zero-order valence-electron chi connectivity index (χ0n) is 49.0. The van der Waals surface area contributed by atoms with Crippen molar-refractivity contribution in [1.29, 1.82) is 0 Å². The number of hydrogen-bond donors (Lipinski definition) is 3. The molecule has 0 aliphatic heterocycles. The molecule has 0 radical (unpaired) electrons. The van der Waals surface area contributed by atoms with Gasteiger partial charge in [0.1, 0.15) is 54.6 Å². The van der Waals surface area contributed by atoms with Gasteiger partial charge in [-0.05, 0) is 91.8 Å². The first-order valence-electron chi connectivity index (χ1n) is 26.2. The summed E-state index contributed by atoms with van der Waals surface area (Å²) in [7, 11) is 7.36. The third kappa shape index (κ3) is 17.3. The number of aromatic nitrogens is 16. The van der Waals surface area contributed by atoms with Gasteiger partial charge in [0.15, 0.2) is 6.29 Å². The van der Waals surface area contributed by atoms with Crippen LogP contribution in [0.1, 0.15) is 133 Å². The number of carboxylic acids is 1. The van der Waals surface area contributed by atoms with Gasteiger partial charge in [-0.3, -0.25) is 23.5 Å². The fourth-order valence-corrected chi connectivity index (χ4v) is 7.16. The summed E-state index contributed by atoms with van der Waals surface area (Å²) in [5, 5.41) is 45.2. The molecule has 8 heterocycles. The predicted octanol–water partition coefficient (Wildman–Crippen LogP) is 10.4. The minimum atomic E-state index is -2.48. The fraction of sp³-hybridized carbons (Fsp3) is 0.308. The summed E-state index contributed by atoms with van der Waals surface area (Å²) in [6, 6.07) is 11.6. The van der Waals surface area contributed by atoms with E-state index >= 15 is 0 Å². The molecule has 23 nitrogen and oxygen atoms in total. The lowest BCUT2D eigenvalue weighted by atomic mass is 10.1. The average Bonchev–Trinajstić information content (AvgIpc) is 3.05. The van der Waals surface area contributed by atoms with Gasteiger partial charge in [-0.25, -0.2) is 48.9 Å². The number of benzene rings is 1. The summed E-state index contributed by atoms with van der Waals surface area (Å²) in [6.07, 6.45) is 17.6. The number of halogens is 3. The van der Waals surface area contributed by atoms with E-state index in [0.29, 0.717) is 46.1 Å². The Morgan fingerprint density at radius 2 is 1.00 bits per heavy atom. The number of hydrogen-bond acceptors (Lipinski definition) is 18. The molecule has 0 spiro atoms. The Morgan fingerprint density at radius 3 is 1.39 bits per heavy atom. The van der Waals surface area contributed by atoms with Gasteiger partial charge in [-0.15, -0.1) is 11.6 Å². The highest BCUT2D eigenvalue weighted by Gasteiger charge is 2.19. The van der Waals surface area contributed by atoms with Gasteiger partial charge in [-0.1, -0.05) is 13.5 Å². The first-order chi connectivity index (χ1) is 39.5. The maximum Gasteiger partial charge on any atom is 0.339 e. The monoisotopic (exact) mass is 1160 g/mol. The van der Waals surface area contributed by atoms with Crippen LogP contribution < -0.4 is 4.74 Å². The van der Waals surface area contributed by atoms with E-state index in [1.165, 1.54) is 68.3 Å². The molecule has 8 aromatic heterocycles. The number of alkyl halides is 1. The maximum absolute atomic E-state index is 11.2. The molecule has 0 saturated carbocycles. The van der Waals surface area contributed by atoms with Crippen LogP contribution in [0.4, 0.5) is 0 Å². The minimum Gasteiger partial charge on any atom is -0.507 e. The third-order valence-corrected chi connectivity index (χ3v) is 10.5. The van der Waals surface area contributed by atoms with E-state index in [0.717, 1.165) is 5.69 Å². The second-order valence-corrected chi connectivity index (χ2v) is 19.6. The van der Waals surface area contributed by atoms with E-state index < -0.39 is 34.1 Å². The van der Waals surface area contributed by atoms with E-state index in [-0.39, 0.29) is 70.9 Å². The molecule has 0 saturated heterocycles. The second kappa shape index (κ2) is 31.5. The zero-order valence-corrected chi connectivity index (χ0v) is 46.1. The molecule has 79 heavy (non-hydrogen) atoms. The fourth-order valence-electron chi connectivity index (χ4n) is 7.02. The van der Waals surface area contributed by atoms with E-state index in [4.69, 9.17) is 33.9 Å². The van der Waals surface area contributed by atoms with E-state index in [1.54, 1.807) is 67.8 Å². The molecule has 0 bridgehead atoms. The van der Waals surface area contributed by atoms with Gasteiger partial charge < -0.3 is 20.1 Å². The smallest absolute Gasteiger partial charge is 0.339 e. The third-order valence-electron chi connectivity index (χ3n) is 10.3. The lowest BCUT2D eigenvalue weighted by molar-refractivity contribution is 0.0696. The number of aliphatic hydroxyl groups is 1. The largest absolute Gasteiger partial charge is 0.507 e. The van der Waals surface area contributed by atoms with E-state index in [9.17, 15) is 19.8 Å². The minimum absolute atomic E-state index is 0. The van der Waals surface area contributed by atoms with Crippen LogP contribution in [0.2, 0.25) is 0 Å². The van der Waals surface area contributed by atoms with Crippen molar-refractivity contribution < 1.29 is 42.1 Å². The number of ether oxygens (including phenoxy) is 1. The van der Waals surface area contributed by atoms with Gasteiger partial charge in [0.25, 0.3) is 0 Å². The van der Waals surface area contributed by atoms with Crippen LogP contribution in [-0.2, 0) is 28.2 Å². The predicted molar refractivity (Wildman–Crippen MR) is 301 cm³/mol. The topological polar surface area (TPSA) is 296 Å². The summed E-state index contributed by atoms with van der Waals surface area (Å²) in [6.45, 7) is 10.9. The molecule has 0 fully saturated rings. The summed E-state index contributed by atoms with van der Waals surface area (Å²) < 4.78 is 68.3. The Kier molecular flexibility index (Phi) is 21.7. The molecule has 418 valence electrons. The van der Waals surface area contributed by atoms with E-state index in [2.05, 4.69) is 81.6 Å². The van der Waals surface area contributed by atoms with Crippen LogP contribution in [0.5, 0.6) is 11.5 Å². The Morgan fingerprint density at radius 1 is 0.633 bits per heavy atom. The Balaban J connectivity index is 0.000000241. The van der Waals surface area contributed by atoms with Gasteiger partial charge >= 0.3 is 5.97 Å². The molecule has 3 N–H and O–H groups in total. The van der Waals surface area contributed by atoms with Crippen molar-refractivity contribution in [1.82, 2.24) is 79.0 Å². The highest BCUT2D eigenvalue weighted by Crippen LogP contribution is 2.30. The number of aromatic carboxylic acids is 1. The molecule has 0 amide bonds. The first-order valence-corrected chi connectivity index (χ1v) is 26.4. The lowest BCUT2D eigenvalue weighted by Gasteiger charge is -2.14. The number of phenols is 1. The van der Waals surface area contributed by atoms with Crippen molar-refractivity contribution in [2.75, 3.05) is 0 Å². The molecule has 9 rings (SSSR count). The SMILES string of the molecule is C.CC(C)n1nccc1-c1ncncc1C(=O)O.O=S(Cl)Cl.[2H]C([2H])(Cl)c1cncnc1-c1ccnn1C(C)C.[2H]C([2H])(O)c1cncnc1-c1ccnn1C(C)C.[2H]C([2H])(Oc1cccc(O)c1C=O)c1cncnc1-c1ccnn1C(C)C. The van der Waals surface area contributed by atoms with Crippen molar-refractivity contribution in [2.24, 2.45) is 0 Å². The highest BCUT2D eigenvalue weighted by atomic mass is 36.0. The summed E-state index contributed by atoms with van der Waals surface area (Å²) in [5.41, 5.74) is 4.51. The van der Waals surface area contributed by atoms with Crippen molar-refractivity contribution >= 4 is 54.4 Å². The number of phenolic OH excluding ortho intramolecular Hbond substituents is 1. The number of aromatic hydroxyl groups is 1. The molecule has 0 aliphatic carbocycles. The molecule has 0 atom stereocenters. The van der Waals surface area contributed by atoms with Crippen LogP contribution in [0.3, 0.4) is 0 Å². The molecule has 1 aromatic carbocycles. The van der Waals surface area contributed by atoms with E-state index in [1.807, 2.05) is 55.4 Å². The Hall–Kier alpha value is -7.90. The van der Waals surface area contributed by atoms with Crippen molar-refractivity contribution in [3.63, 3.8) is 0 Å². The number of rotatable bonds is 15. The Labute approximate surface area is 481 Å². The van der Waals surface area contributed by atoms with Crippen molar-refractivity contribution in [3.05, 3.63) is 145 Å². The van der Waals surface area contributed by atoms with Crippen LogP contribution in [0, 0.1) is 0 Å². The second-order valence-electron chi connectivity index (χ2n) is 16.9. The number of carbonyl (C=O) groups excluding carboxylic acids is 1. The molecular weight excluding hydrogens is 1100 g/mol. The van der Waals surface area contributed by atoms with Crippen LogP contribution in [-0.4, -0.2) is 111 Å². The van der Waals surface area contributed by atoms with Gasteiger partial charge in [0.2, 0.25) is 9.23 Å². The summed E-state index contributed by atoms with van der Waals surface area (Å²) >= 11 is 5.74.